The number of rotatable bonds is 51. The minimum Gasteiger partial charge on any atom is -0.462 e. The van der Waals surface area contributed by atoms with Gasteiger partial charge in [-0.25, -0.2) is 0 Å². The van der Waals surface area contributed by atoms with Crippen molar-refractivity contribution in [3.63, 3.8) is 0 Å². The predicted molar refractivity (Wildman–Crippen MR) is 273 cm³/mol. The molecule has 0 aliphatic carbocycles. The maximum atomic E-state index is 13.2. The van der Waals surface area contributed by atoms with Crippen LogP contribution in [0.2, 0.25) is 0 Å². The molecule has 1 amide bonds. The molecule has 0 heterocycles. The van der Waals surface area contributed by atoms with Gasteiger partial charge in [-0.05, 0) is 57.8 Å². The van der Waals surface area contributed by atoms with E-state index >= 15 is 0 Å². The Balaban J connectivity index is 4.53. The molecular formula is C57H109NO5. The van der Waals surface area contributed by atoms with E-state index in [0.717, 1.165) is 57.8 Å². The van der Waals surface area contributed by atoms with Gasteiger partial charge in [0.1, 0.15) is 6.10 Å². The monoisotopic (exact) mass is 888 g/mol. The van der Waals surface area contributed by atoms with Gasteiger partial charge >= 0.3 is 5.97 Å². The average Bonchev–Trinajstić information content (AvgIpc) is 3.28. The topological polar surface area (TPSA) is 95.9 Å². The van der Waals surface area contributed by atoms with Crippen LogP contribution < -0.4 is 5.32 Å². The highest BCUT2D eigenvalue weighted by Gasteiger charge is 2.24. The average molecular weight is 889 g/mol. The van der Waals surface area contributed by atoms with Crippen molar-refractivity contribution < 1.29 is 24.5 Å². The van der Waals surface area contributed by atoms with Crippen LogP contribution in [0.5, 0.6) is 0 Å². The van der Waals surface area contributed by atoms with Gasteiger partial charge in [0.15, 0.2) is 0 Å². The second kappa shape index (κ2) is 51.3. The van der Waals surface area contributed by atoms with Crippen LogP contribution in [0.3, 0.4) is 0 Å². The molecule has 0 aromatic rings. The van der Waals surface area contributed by atoms with Gasteiger partial charge in [0.25, 0.3) is 0 Å². The molecule has 6 heteroatoms. The summed E-state index contributed by atoms with van der Waals surface area (Å²) in [6.45, 7) is 6.49. The molecule has 0 radical (unpaired) electrons. The number of hydrogen-bond acceptors (Lipinski definition) is 5. The fraction of sp³-hybridized carbons (Fsp3) is 0.895. The Morgan fingerprint density at radius 1 is 0.460 bits per heavy atom. The Hall–Kier alpha value is -1.66. The van der Waals surface area contributed by atoms with Crippen LogP contribution in [0.15, 0.2) is 24.3 Å². The number of aliphatic hydroxyl groups is 2. The number of esters is 1. The Labute approximate surface area is 392 Å². The van der Waals surface area contributed by atoms with Crippen LogP contribution in [-0.4, -0.2) is 46.9 Å². The van der Waals surface area contributed by atoms with Gasteiger partial charge in [-0.15, -0.1) is 0 Å². The minimum absolute atomic E-state index is 0.0804. The minimum atomic E-state index is -0.785. The third-order valence-corrected chi connectivity index (χ3v) is 13.0. The smallest absolute Gasteiger partial charge is 0.306 e. The molecular weight excluding hydrogens is 779 g/mol. The molecule has 0 spiro atoms. The molecule has 0 fully saturated rings. The van der Waals surface area contributed by atoms with E-state index in [2.05, 4.69) is 50.4 Å². The predicted octanol–water partition coefficient (Wildman–Crippen LogP) is 17.1. The summed E-state index contributed by atoms with van der Waals surface area (Å²) in [5.74, 6) is -0.464. The van der Waals surface area contributed by atoms with Crippen molar-refractivity contribution >= 4 is 11.9 Å². The molecule has 0 aromatic carbocycles. The molecule has 0 saturated carbocycles. The molecule has 0 rings (SSSR count). The molecule has 63 heavy (non-hydrogen) atoms. The van der Waals surface area contributed by atoms with Gasteiger partial charge in [0.05, 0.1) is 25.2 Å². The summed E-state index contributed by atoms with van der Waals surface area (Å²) in [5.41, 5.74) is 0. The molecule has 3 atom stereocenters. The van der Waals surface area contributed by atoms with Crippen LogP contribution in [-0.2, 0) is 14.3 Å². The van der Waals surface area contributed by atoms with Gasteiger partial charge in [0, 0.05) is 6.42 Å². The maximum Gasteiger partial charge on any atom is 0.306 e. The zero-order valence-electron chi connectivity index (χ0n) is 42.5. The Morgan fingerprint density at radius 2 is 0.810 bits per heavy atom. The number of hydrogen-bond donors (Lipinski definition) is 3. The van der Waals surface area contributed by atoms with Crippen molar-refractivity contribution in [3.8, 4) is 0 Å². The van der Waals surface area contributed by atoms with Crippen molar-refractivity contribution in [3.05, 3.63) is 24.3 Å². The SMILES string of the molecule is CCCCC/C=C\C/C=C\CCCCCCCCCC(=O)OC(CCCCCCCCCCCCCCCC)CC(=O)NC(CO)C(O)CCCCCCCCCCCCCCC. The van der Waals surface area contributed by atoms with E-state index in [1.165, 1.54) is 199 Å². The van der Waals surface area contributed by atoms with Gasteiger partial charge in [-0.3, -0.25) is 9.59 Å². The Kier molecular flexibility index (Phi) is 50.0. The van der Waals surface area contributed by atoms with Crippen molar-refractivity contribution in [1.29, 1.82) is 0 Å². The number of ether oxygens (including phenoxy) is 1. The molecule has 6 nitrogen and oxygen atoms in total. The van der Waals surface area contributed by atoms with E-state index in [-0.39, 0.29) is 24.9 Å². The summed E-state index contributed by atoms with van der Waals surface area (Å²) in [4.78, 5) is 26.2. The lowest BCUT2D eigenvalue weighted by atomic mass is 10.0. The number of unbranched alkanes of at least 4 members (excludes halogenated alkanes) is 35. The zero-order chi connectivity index (χ0) is 45.9. The quantitative estimate of drug-likeness (QED) is 0.0321. The number of carbonyl (C=O) groups excluding carboxylic acids is 2. The van der Waals surface area contributed by atoms with Crippen LogP contribution in [0.1, 0.15) is 303 Å². The number of allylic oxidation sites excluding steroid dienone is 4. The lowest BCUT2D eigenvalue weighted by molar-refractivity contribution is -0.151. The zero-order valence-corrected chi connectivity index (χ0v) is 42.5. The molecule has 0 saturated heterocycles. The van der Waals surface area contributed by atoms with E-state index in [4.69, 9.17) is 4.74 Å². The van der Waals surface area contributed by atoms with Crippen molar-refractivity contribution in [2.75, 3.05) is 6.61 Å². The van der Waals surface area contributed by atoms with Crippen molar-refractivity contribution in [1.82, 2.24) is 5.32 Å². The Bertz CT molecular complexity index is 997. The second-order valence-electron chi connectivity index (χ2n) is 19.3. The summed E-state index contributed by atoms with van der Waals surface area (Å²) in [5, 5.41) is 23.8. The van der Waals surface area contributed by atoms with E-state index in [0.29, 0.717) is 19.3 Å². The van der Waals surface area contributed by atoms with Gasteiger partial charge in [-0.1, -0.05) is 257 Å². The first-order chi connectivity index (χ1) is 31.0. The first kappa shape index (κ1) is 61.3. The lowest BCUT2D eigenvalue weighted by Gasteiger charge is -2.24. The second-order valence-corrected chi connectivity index (χ2v) is 19.3. The van der Waals surface area contributed by atoms with Gasteiger partial charge < -0.3 is 20.3 Å². The summed E-state index contributed by atoms with van der Waals surface area (Å²) < 4.78 is 5.96. The number of aliphatic hydroxyl groups excluding tert-OH is 2. The number of nitrogens with one attached hydrogen (secondary N) is 1. The first-order valence-corrected chi connectivity index (χ1v) is 28.1. The molecule has 372 valence electrons. The summed E-state index contributed by atoms with van der Waals surface area (Å²) in [6.07, 6.45) is 59.5. The first-order valence-electron chi connectivity index (χ1n) is 28.1. The molecule has 0 aliphatic rings. The molecule has 0 bridgehead atoms. The molecule has 0 aromatic heterocycles. The van der Waals surface area contributed by atoms with E-state index in [1.807, 2.05) is 0 Å². The Morgan fingerprint density at radius 3 is 1.24 bits per heavy atom. The standard InChI is InChI=1S/C57H109NO5/c1-4-7-10-13-16-19-22-25-27-28-29-32-35-38-41-44-47-50-57(62)63-53(48-45-42-39-36-33-31-26-23-20-17-14-11-8-5-2)51-56(61)58-54(52-59)55(60)49-46-43-40-37-34-30-24-21-18-15-12-9-6-3/h16,19,25,27,53-55,59-60H,4-15,17-18,20-24,26,28-52H2,1-3H3,(H,58,61)/b19-16-,27-25-. The molecule has 0 aliphatic heterocycles. The van der Waals surface area contributed by atoms with E-state index < -0.39 is 18.2 Å². The van der Waals surface area contributed by atoms with Gasteiger partial charge in [0.2, 0.25) is 5.91 Å². The summed E-state index contributed by atoms with van der Waals surface area (Å²) >= 11 is 0. The largest absolute Gasteiger partial charge is 0.462 e. The highest BCUT2D eigenvalue weighted by atomic mass is 16.5. The summed E-state index contributed by atoms with van der Waals surface area (Å²) in [6, 6.07) is -0.698. The van der Waals surface area contributed by atoms with Crippen LogP contribution in [0.25, 0.3) is 0 Å². The highest BCUT2D eigenvalue weighted by Crippen LogP contribution is 2.19. The van der Waals surface area contributed by atoms with Crippen molar-refractivity contribution in [2.24, 2.45) is 0 Å². The normalized spacial score (nSPS) is 13.3. The third-order valence-electron chi connectivity index (χ3n) is 13.0. The number of amides is 1. The molecule has 3 unspecified atom stereocenters. The van der Waals surface area contributed by atoms with E-state index in [9.17, 15) is 19.8 Å². The lowest BCUT2D eigenvalue weighted by Crippen LogP contribution is -2.46. The van der Waals surface area contributed by atoms with Crippen molar-refractivity contribution in [2.45, 2.75) is 322 Å². The number of carbonyl (C=O) groups is 2. The van der Waals surface area contributed by atoms with Crippen LogP contribution >= 0.6 is 0 Å². The fourth-order valence-corrected chi connectivity index (χ4v) is 8.76. The third kappa shape index (κ3) is 46.7. The summed E-state index contributed by atoms with van der Waals surface area (Å²) in [7, 11) is 0. The highest BCUT2D eigenvalue weighted by molar-refractivity contribution is 5.77. The molecule has 3 N–H and O–H groups in total. The van der Waals surface area contributed by atoms with Gasteiger partial charge in [-0.2, -0.15) is 0 Å². The van der Waals surface area contributed by atoms with E-state index in [1.54, 1.807) is 0 Å². The fourth-order valence-electron chi connectivity index (χ4n) is 8.76. The van der Waals surface area contributed by atoms with Crippen LogP contribution in [0, 0.1) is 0 Å². The maximum absolute atomic E-state index is 13.2. The van der Waals surface area contributed by atoms with Crippen LogP contribution in [0.4, 0.5) is 0 Å².